The van der Waals surface area contributed by atoms with Gasteiger partial charge in [-0.15, -0.1) is 0 Å². The number of amides is 1. The van der Waals surface area contributed by atoms with Gasteiger partial charge >= 0.3 is 0 Å². The fourth-order valence-corrected chi connectivity index (χ4v) is 2.07. The minimum absolute atomic E-state index is 0.200. The summed E-state index contributed by atoms with van der Waals surface area (Å²) in [7, 11) is 0. The van der Waals surface area contributed by atoms with Crippen molar-refractivity contribution < 1.29 is 9.53 Å². The number of benzene rings is 1. The molecule has 0 bridgehead atoms. The van der Waals surface area contributed by atoms with Gasteiger partial charge in [0.05, 0.1) is 16.2 Å². The number of hydrogen-bond acceptors (Lipinski definition) is 2. The van der Waals surface area contributed by atoms with Crippen LogP contribution in [0.4, 0.5) is 0 Å². The van der Waals surface area contributed by atoms with Crippen LogP contribution < -0.4 is 5.32 Å². The van der Waals surface area contributed by atoms with Gasteiger partial charge in [-0.25, -0.2) is 0 Å². The van der Waals surface area contributed by atoms with Crippen molar-refractivity contribution >= 4 is 33.4 Å². The van der Waals surface area contributed by atoms with Crippen LogP contribution in [0.25, 0.3) is 0 Å². The molecular weight excluding hydrogens is 318 g/mol. The summed E-state index contributed by atoms with van der Waals surface area (Å²) in [5.41, 5.74) is 0.0708. The third kappa shape index (κ3) is 4.59. The van der Waals surface area contributed by atoms with Crippen molar-refractivity contribution in [2.24, 2.45) is 0 Å². The summed E-state index contributed by atoms with van der Waals surface area (Å²) in [5, 5.41) is 3.26. The minimum atomic E-state index is -0.386. The summed E-state index contributed by atoms with van der Waals surface area (Å²) < 4.78 is 6.33. The average Bonchev–Trinajstić information content (AvgIpc) is 2.29. The standard InChI is InChI=1S/C13H17BrClNO2/c1-4-18-13(2,3)8-16-12(17)10-7-9(14)5-6-11(10)15/h5-7H,4,8H2,1-3H3,(H,16,17). The van der Waals surface area contributed by atoms with E-state index < -0.39 is 0 Å². The molecule has 0 spiro atoms. The molecular formula is C13H17BrClNO2. The van der Waals surface area contributed by atoms with Gasteiger partial charge in [-0.2, -0.15) is 0 Å². The summed E-state index contributed by atoms with van der Waals surface area (Å²) in [4.78, 5) is 12.0. The van der Waals surface area contributed by atoms with Crippen molar-refractivity contribution in [1.29, 1.82) is 0 Å². The molecule has 0 saturated heterocycles. The Balaban J connectivity index is 2.69. The van der Waals surface area contributed by atoms with Crippen LogP contribution in [-0.2, 0) is 4.74 Å². The smallest absolute Gasteiger partial charge is 0.252 e. The Bertz CT molecular complexity index is 435. The Hall–Kier alpha value is -0.580. The summed E-state index contributed by atoms with van der Waals surface area (Å²) in [6.07, 6.45) is 0. The molecule has 0 radical (unpaired) electrons. The van der Waals surface area contributed by atoms with Crippen LogP contribution in [0, 0.1) is 0 Å². The Kier molecular flexibility index (Phi) is 5.63. The van der Waals surface area contributed by atoms with Gasteiger partial charge in [-0.05, 0) is 39.0 Å². The van der Waals surface area contributed by atoms with E-state index in [4.69, 9.17) is 16.3 Å². The van der Waals surface area contributed by atoms with Crippen molar-refractivity contribution in [1.82, 2.24) is 5.32 Å². The normalized spacial score (nSPS) is 11.4. The van der Waals surface area contributed by atoms with Crippen LogP contribution in [0.3, 0.4) is 0 Å². The lowest BCUT2D eigenvalue weighted by Crippen LogP contribution is -2.40. The molecule has 1 aromatic rings. The second-order valence-electron chi connectivity index (χ2n) is 4.50. The van der Waals surface area contributed by atoms with Crippen LogP contribution in [0.5, 0.6) is 0 Å². The number of nitrogens with one attached hydrogen (secondary N) is 1. The molecule has 1 aromatic carbocycles. The highest BCUT2D eigenvalue weighted by Gasteiger charge is 2.20. The maximum absolute atomic E-state index is 12.0. The molecule has 0 atom stereocenters. The van der Waals surface area contributed by atoms with Gasteiger partial charge in [0.1, 0.15) is 0 Å². The zero-order chi connectivity index (χ0) is 13.8. The molecule has 18 heavy (non-hydrogen) atoms. The Labute approximate surface area is 121 Å². The van der Waals surface area contributed by atoms with E-state index in [0.29, 0.717) is 23.7 Å². The van der Waals surface area contributed by atoms with Crippen LogP contribution >= 0.6 is 27.5 Å². The predicted molar refractivity (Wildman–Crippen MR) is 77.2 cm³/mol. The maximum Gasteiger partial charge on any atom is 0.252 e. The molecule has 3 nitrogen and oxygen atoms in total. The number of rotatable bonds is 5. The van der Waals surface area contributed by atoms with E-state index in [0.717, 1.165) is 4.47 Å². The molecule has 1 amide bonds. The van der Waals surface area contributed by atoms with E-state index in [9.17, 15) is 4.79 Å². The first kappa shape index (κ1) is 15.5. The van der Waals surface area contributed by atoms with Crippen LogP contribution in [0.2, 0.25) is 5.02 Å². The maximum atomic E-state index is 12.0. The van der Waals surface area contributed by atoms with Gasteiger partial charge < -0.3 is 10.1 Å². The monoisotopic (exact) mass is 333 g/mol. The third-order valence-electron chi connectivity index (χ3n) is 2.38. The van der Waals surface area contributed by atoms with Crippen LogP contribution in [0.1, 0.15) is 31.1 Å². The second kappa shape index (κ2) is 6.55. The zero-order valence-corrected chi connectivity index (χ0v) is 13.1. The van der Waals surface area contributed by atoms with E-state index in [1.807, 2.05) is 20.8 Å². The molecule has 0 unspecified atom stereocenters. The minimum Gasteiger partial charge on any atom is -0.374 e. The number of halogens is 2. The predicted octanol–water partition coefficient (Wildman–Crippen LogP) is 3.65. The molecule has 0 aliphatic carbocycles. The topological polar surface area (TPSA) is 38.3 Å². The lowest BCUT2D eigenvalue weighted by molar-refractivity contribution is -0.00815. The second-order valence-corrected chi connectivity index (χ2v) is 5.82. The van der Waals surface area contributed by atoms with E-state index in [-0.39, 0.29) is 11.5 Å². The van der Waals surface area contributed by atoms with E-state index in [1.54, 1.807) is 18.2 Å². The summed E-state index contributed by atoms with van der Waals surface area (Å²) >= 11 is 9.31. The number of ether oxygens (including phenoxy) is 1. The Morgan fingerprint density at radius 1 is 1.50 bits per heavy atom. The molecule has 0 aromatic heterocycles. The van der Waals surface area contributed by atoms with Crippen molar-refractivity contribution in [2.75, 3.05) is 13.2 Å². The molecule has 0 heterocycles. The summed E-state index contributed by atoms with van der Waals surface area (Å²) in [5.74, 6) is -0.200. The molecule has 0 fully saturated rings. The quantitative estimate of drug-likeness (QED) is 0.892. The van der Waals surface area contributed by atoms with Gasteiger partial charge in [0.2, 0.25) is 0 Å². The van der Waals surface area contributed by atoms with Crippen molar-refractivity contribution in [2.45, 2.75) is 26.4 Å². The Morgan fingerprint density at radius 3 is 2.78 bits per heavy atom. The summed E-state index contributed by atoms with van der Waals surface area (Å²) in [6, 6.07) is 5.18. The number of carbonyl (C=O) groups is 1. The number of hydrogen-bond donors (Lipinski definition) is 1. The van der Waals surface area contributed by atoms with Crippen LogP contribution in [-0.4, -0.2) is 24.7 Å². The van der Waals surface area contributed by atoms with E-state index in [1.165, 1.54) is 0 Å². The lowest BCUT2D eigenvalue weighted by atomic mass is 10.1. The number of carbonyl (C=O) groups excluding carboxylic acids is 1. The third-order valence-corrected chi connectivity index (χ3v) is 3.21. The largest absolute Gasteiger partial charge is 0.374 e. The van der Waals surface area contributed by atoms with Gasteiger partial charge in [0.15, 0.2) is 0 Å². The van der Waals surface area contributed by atoms with Gasteiger partial charge in [-0.1, -0.05) is 27.5 Å². The Morgan fingerprint density at radius 2 is 2.17 bits per heavy atom. The van der Waals surface area contributed by atoms with Gasteiger partial charge in [0, 0.05) is 17.6 Å². The molecule has 100 valence electrons. The molecule has 0 aliphatic rings. The van der Waals surface area contributed by atoms with Gasteiger partial charge in [0.25, 0.3) is 5.91 Å². The van der Waals surface area contributed by atoms with Crippen molar-refractivity contribution in [3.63, 3.8) is 0 Å². The zero-order valence-electron chi connectivity index (χ0n) is 10.7. The van der Waals surface area contributed by atoms with Crippen molar-refractivity contribution in [3.8, 4) is 0 Å². The molecule has 0 saturated carbocycles. The average molecular weight is 335 g/mol. The first-order chi connectivity index (χ1) is 8.35. The molecule has 1 N–H and O–H groups in total. The van der Waals surface area contributed by atoms with E-state index in [2.05, 4.69) is 21.2 Å². The SMILES string of the molecule is CCOC(C)(C)CNC(=O)c1cc(Br)ccc1Cl. The lowest BCUT2D eigenvalue weighted by Gasteiger charge is -2.25. The van der Waals surface area contributed by atoms with Gasteiger partial charge in [-0.3, -0.25) is 4.79 Å². The van der Waals surface area contributed by atoms with E-state index >= 15 is 0 Å². The fraction of sp³-hybridized carbons (Fsp3) is 0.462. The van der Waals surface area contributed by atoms with Crippen LogP contribution in [0.15, 0.2) is 22.7 Å². The fourth-order valence-electron chi connectivity index (χ4n) is 1.50. The molecule has 0 aliphatic heterocycles. The summed E-state index contributed by atoms with van der Waals surface area (Å²) in [6.45, 7) is 6.83. The van der Waals surface area contributed by atoms with Crippen molar-refractivity contribution in [3.05, 3.63) is 33.3 Å². The highest BCUT2D eigenvalue weighted by atomic mass is 79.9. The molecule has 5 heteroatoms. The highest BCUT2D eigenvalue weighted by Crippen LogP contribution is 2.21. The first-order valence-electron chi connectivity index (χ1n) is 5.73. The molecule has 1 rings (SSSR count). The first-order valence-corrected chi connectivity index (χ1v) is 6.90. The highest BCUT2D eigenvalue weighted by molar-refractivity contribution is 9.10.